The fourth-order valence-corrected chi connectivity index (χ4v) is 9.24. The van der Waals surface area contributed by atoms with Crippen LogP contribution < -0.4 is 9.47 Å². The first-order valence-electron chi connectivity index (χ1n) is 19.8. The summed E-state index contributed by atoms with van der Waals surface area (Å²) in [5, 5.41) is 35.5. The second-order valence-corrected chi connectivity index (χ2v) is 15.7. The molecule has 2 N–H and O–H groups in total. The summed E-state index contributed by atoms with van der Waals surface area (Å²) in [5.41, 5.74) is 3.17. The van der Waals surface area contributed by atoms with E-state index in [0.717, 1.165) is 41.7 Å². The molecule has 12 nitrogen and oxygen atoms in total. The van der Waals surface area contributed by atoms with Gasteiger partial charge in [0.15, 0.2) is 0 Å². The number of ether oxygens (including phenoxy) is 3. The van der Waals surface area contributed by atoms with Gasteiger partial charge in [0, 0.05) is 61.3 Å². The van der Waals surface area contributed by atoms with Crippen molar-refractivity contribution in [2.75, 3.05) is 40.2 Å². The smallest absolute Gasteiger partial charge is 0.269 e. The first-order valence-corrected chi connectivity index (χ1v) is 21.0. The van der Waals surface area contributed by atoms with Gasteiger partial charge in [-0.2, -0.15) is 0 Å². The number of oxime groups is 1. The van der Waals surface area contributed by atoms with Crippen LogP contribution in [0.5, 0.6) is 17.2 Å². The average molecular weight is 812 g/mol. The van der Waals surface area contributed by atoms with Crippen molar-refractivity contribution in [3.63, 3.8) is 0 Å². The lowest BCUT2D eigenvalue weighted by atomic mass is 9.55. The fraction of sp³-hybridized carbons (Fsp3) is 0.422. The number of rotatable bonds is 19. The zero-order valence-corrected chi connectivity index (χ0v) is 34.1. The van der Waals surface area contributed by atoms with E-state index in [9.17, 15) is 25.1 Å². The molecule has 1 amide bonds. The number of nitro groups is 1. The second-order valence-electron chi connectivity index (χ2n) is 14.9. The van der Waals surface area contributed by atoms with Gasteiger partial charge in [0.25, 0.3) is 5.69 Å². The molecule has 3 aliphatic rings. The number of likely N-dealkylation sites (N-methyl/N-ethyl adjacent to an activating group) is 1. The van der Waals surface area contributed by atoms with E-state index in [4.69, 9.17) is 19.0 Å². The number of allylic oxidation sites excluding steroid dienone is 1. The number of hydrogen-bond acceptors (Lipinski definition) is 11. The standard InChI is InChI=1S/C45H53N3O9S/c1-5-26-55-45-41(47(2)42(51)23-14-30-12-15-32(16-13-30)48(52)53)29-39(46-54-3)37-27-31(10-6-8-24-49)36(11-7-9-25-50)43(44(37)45)38-28-34(19-22-40(38)57-45)56-33-17-20-35(58-4)21-18-33/h5,12-23,27-28,31,36,41,43-44,49-50H,1,6-11,24-26,29H2,2-4H3/t31-,36+,41-,43+,44+,45+/m0/s1. The first kappa shape index (κ1) is 42.7. The number of nitro benzene ring substituents is 1. The van der Waals surface area contributed by atoms with Crippen LogP contribution in [0.4, 0.5) is 5.69 Å². The molecule has 0 saturated heterocycles. The number of hydrogen-bond donors (Lipinski definition) is 2. The van der Waals surface area contributed by atoms with E-state index in [1.807, 2.05) is 42.7 Å². The Kier molecular flexibility index (Phi) is 14.5. The van der Waals surface area contributed by atoms with Gasteiger partial charge in [-0.25, -0.2) is 0 Å². The van der Waals surface area contributed by atoms with Crippen LogP contribution in [0.3, 0.4) is 0 Å². The van der Waals surface area contributed by atoms with Crippen LogP contribution in [-0.2, 0) is 14.4 Å². The lowest BCUT2D eigenvalue weighted by molar-refractivity contribution is -0.384. The highest BCUT2D eigenvalue weighted by molar-refractivity contribution is 7.98. The molecule has 0 radical (unpaired) electrons. The Hall–Kier alpha value is -4.95. The number of aliphatic hydroxyl groups excluding tert-OH is 2. The average Bonchev–Trinajstić information content (AvgIpc) is 3.24. The van der Waals surface area contributed by atoms with Crippen LogP contribution in [-0.4, -0.2) is 83.7 Å². The van der Waals surface area contributed by atoms with E-state index in [-0.39, 0.29) is 55.6 Å². The van der Waals surface area contributed by atoms with Gasteiger partial charge in [-0.05, 0) is 116 Å². The molecule has 1 saturated carbocycles. The zero-order valence-electron chi connectivity index (χ0n) is 33.3. The fourth-order valence-electron chi connectivity index (χ4n) is 8.83. The van der Waals surface area contributed by atoms with Gasteiger partial charge in [-0.1, -0.05) is 30.1 Å². The van der Waals surface area contributed by atoms with E-state index in [1.165, 1.54) is 25.3 Å². The van der Waals surface area contributed by atoms with Gasteiger partial charge >= 0.3 is 0 Å². The third-order valence-corrected chi connectivity index (χ3v) is 12.2. The maximum atomic E-state index is 14.2. The number of carbonyl (C=O) groups is 1. The minimum atomic E-state index is -1.39. The quantitative estimate of drug-likeness (QED) is 0.0301. The third kappa shape index (κ3) is 9.18. The molecule has 6 rings (SSSR count). The molecule has 0 bridgehead atoms. The number of non-ortho nitro benzene ring substituents is 1. The van der Waals surface area contributed by atoms with Crippen LogP contribution >= 0.6 is 11.8 Å². The number of carbonyl (C=O) groups excluding carboxylic acids is 1. The number of nitrogens with zero attached hydrogens (tertiary/aromatic N) is 3. The van der Waals surface area contributed by atoms with E-state index in [1.54, 1.807) is 48.0 Å². The maximum Gasteiger partial charge on any atom is 0.269 e. The van der Waals surface area contributed by atoms with Gasteiger partial charge in [-0.15, -0.1) is 18.3 Å². The summed E-state index contributed by atoms with van der Waals surface area (Å²) in [7, 11) is 3.23. The summed E-state index contributed by atoms with van der Waals surface area (Å²) in [6, 6.07) is 19.1. The molecule has 0 unspecified atom stereocenters. The van der Waals surface area contributed by atoms with Crippen molar-refractivity contribution in [3.05, 3.63) is 118 Å². The number of aliphatic hydroxyl groups is 2. The van der Waals surface area contributed by atoms with E-state index < -0.39 is 22.7 Å². The normalized spacial score (nSPS) is 24.0. The van der Waals surface area contributed by atoms with Crippen LogP contribution in [0.25, 0.3) is 6.08 Å². The van der Waals surface area contributed by atoms with Gasteiger partial charge in [0.05, 0.1) is 23.2 Å². The highest BCUT2D eigenvalue weighted by Crippen LogP contribution is 2.62. The van der Waals surface area contributed by atoms with Crippen molar-refractivity contribution in [1.29, 1.82) is 0 Å². The minimum Gasteiger partial charge on any atom is -0.459 e. The van der Waals surface area contributed by atoms with Crippen LogP contribution in [0.15, 0.2) is 107 Å². The zero-order chi connectivity index (χ0) is 41.2. The van der Waals surface area contributed by atoms with E-state index in [0.29, 0.717) is 41.4 Å². The molecule has 2 aliphatic carbocycles. The molecule has 0 spiro atoms. The third-order valence-electron chi connectivity index (χ3n) is 11.5. The topological polar surface area (TPSA) is 153 Å². The maximum absolute atomic E-state index is 14.2. The van der Waals surface area contributed by atoms with Crippen molar-refractivity contribution in [2.45, 2.75) is 67.6 Å². The molecule has 1 aliphatic heterocycles. The molecule has 3 aromatic rings. The molecule has 58 heavy (non-hydrogen) atoms. The summed E-state index contributed by atoms with van der Waals surface area (Å²) < 4.78 is 20.6. The number of unbranched alkanes of at least 4 members (excludes halogenated alkanes) is 2. The molecule has 308 valence electrons. The first-order chi connectivity index (χ1) is 28.2. The summed E-state index contributed by atoms with van der Waals surface area (Å²) in [6.07, 6.45) is 13.9. The number of benzene rings is 3. The summed E-state index contributed by atoms with van der Waals surface area (Å²) >= 11 is 1.66. The molecular formula is C45H53N3O9S. The SMILES string of the molecule is C=CCO[C@@]12Oc3ccc(Oc4ccc(SC)cc4)cc3[C@H]3[C@H](CCCCO)[C@@H](CCCCO)C=C(C(=NOC)C[C@@H]1N(C)C(=O)C=Cc1ccc([N+](=O)[O-])cc1)[C@H]32. The minimum absolute atomic E-state index is 0.0384. The molecule has 3 aromatic carbocycles. The molecule has 0 aromatic heterocycles. The highest BCUT2D eigenvalue weighted by Gasteiger charge is 2.65. The Bertz CT molecular complexity index is 2000. The Labute approximate surface area is 344 Å². The second kappa shape index (κ2) is 19.7. The van der Waals surface area contributed by atoms with E-state index in [2.05, 4.69) is 23.9 Å². The van der Waals surface area contributed by atoms with Crippen molar-refractivity contribution < 1.29 is 39.0 Å². The van der Waals surface area contributed by atoms with Crippen LogP contribution in [0, 0.1) is 27.9 Å². The summed E-state index contributed by atoms with van der Waals surface area (Å²) in [5.74, 6) is -0.224. The molecule has 1 fully saturated rings. The number of fused-ring (bicyclic) bond motifs is 2. The Morgan fingerprint density at radius 3 is 2.41 bits per heavy atom. The van der Waals surface area contributed by atoms with Gasteiger partial charge in [0.2, 0.25) is 11.7 Å². The summed E-state index contributed by atoms with van der Waals surface area (Å²) in [4.78, 5) is 33.2. The number of thioether (sulfide) groups is 1. The molecule has 13 heteroatoms. The van der Waals surface area contributed by atoms with Crippen molar-refractivity contribution in [2.24, 2.45) is 22.9 Å². The molecular weight excluding hydrogens is 759 g/mol. The monoisotopic (exact) mass is 811 g/mol. The predicted molar refractivity (Wildman–Crippen MR) is 225 cm³/mol. The summed E-state index contributed by atoms with van der Waals surface area (Å²) in [6.45, 7) is 4.31. The molecule has 6 atom stereocenters. The Balaban J connectivity index is 1.49. The van der Waals surface area contributed by atoms with Gasteiger partial charge in [-0.3, -0.25) is 14.9 Å². The van der Waals surface area contributed by atoms with Crippen LogP contribution in [0.1, 0.15) is 62.0 Å². The lowest BCUT2D eigenvalue weighted by Crippen LogP contribution is -2.69. The van der Waals surface area contributed by atoms with Crippen molar-refractivity contribution in [3.8, 4) is 17.2 Å². The molecule has 1 heterocycles. The predicted octanol–water partition coefficient (Wildman–Crippen LogP) is 8.54. The largest absolute Gasteiger partial charge is 0.459 e. The Morgan fingerprint density at radius 2 is 1.76 bits per heavy atom. The van der Waals surface area contributed by atoms with Gasteiger partial charge in [0.1, 0.15) is 30.4 Å². The van der Waals surface area contributed by atoms with Gasteiger partial charge < -0.3 is 34.2 Å². The highest BCUT2D eigenvalue weighted by atomic mass is 32.2. The van der Waals surface area contributed by atoms with Crippen molar-refractivity contribution >= 4 is 35.1 Å². The van der Waals surface area contributed by atoms with E-state index >= 15 is 0 Å². The Morgan fingerprint density at radius 1 is 1.05 bits per heavy atom. The lowest BCUT2D eigenvalue weighted by Gasteiger charge is -2.59. The van der Waals surface area contributed by atoms with Crippen molar-refractivity contribution in [1.82, 2.24) is 4.90 Å². The number of amides is 1. The van der Waals surface area contributed by atoms with Crippen LogP contribution in [0.2, 0.25) is 0 Å².